The first-order valence-electron chi connectivity index (χ1n) is 7.63. The van der Waals surface area contributed by atoms with Gasteiger partial charge >= 0.3 is 0 Å². The minimum Gasteiger partial charge on any atom is -0.508 e. The fourth-order valence-corrected chi connectivity index (χ4v) is 4.42. The van der Waals surface area contributed by atoms with Crippen molar-refractivity contribution in [2.45, 2.75) is 51.5 Å². The second kappa shape index (κ2) is 4.52. The quantitative estimate of drug-likeness (QED) is 0.854. The Labute approximate surface area is 116 Å². The van der Waals surface area contributed by atoms with Gasteiger partial charge in [-0.15, -0.1) is 0 Å². The summed E-state index contributed by atoms with van der Waals surface area (Å²) in [4.78, 5) is 0. The lowest BCUT2D eigenvalue weighted by atomic mass is 9.54. The molecule has 0 radical (unpaired) electrons. The van der Waals surface area contributed by atoms with Crippen molar-refractivity contribution in [1.29, 1.82) is 0 Å². The second-order valence-corrected chi connectivity index (χ2v) is 6.62. The van der Waals surface area contributed by atoms with Crippen LogP contribution in [0.15, 0.2) is 18.2 Å². The van der Waals surface area contributed by atoms with Crippen LogP contribution in [-0.2, 0) is 11.8 Å². The van der Waals surface area contributed by atoms with E-state index in [1.54, 1.807) is 0 Å². The van der Waals surface area contributed by atoms with Crippen molar-refractivity contribution in [1.82, 2.24) is 5.32 Å². The lowest BCUT2D eigenvalue weighted by Gasteiger charge is -2.55. The van der Waals surface area contributed by atoms with Gasteiger partial charge in [0.15, 0.2) is 0 Å². The molecule has 2 N–H and O–H groups in total. The maximum absolute atomic E-state index is 9.89. The first kappa shape index (κ1) is 13.0. The van der Waals surface area contributed by atoms with E-state index in [2.05, 4.69) is 32.2 Å². The number of fused-ring (bicyclic) bond motifs is 4. The van der Waals surface area contributed by atoms with Gasteiger partial charge in [0.25, 0.3) is 0 Å². The molecule has 1 fully saturated rings. The Morgan fingerprint density at radius 2 is 2.21 bits per heavy atom. The fourth-order valence-electron chi connectivity index (χ4n) is 4.42. The van der Waals surface area contributed by atoms with E-state index in [-0.39, 0.29) is 5.41 Å². The molecule has 2 bridgehead atoms. The van der Waals surface area contributed by atoms with E-state index in [1.807, 2.05) is 12.1 Å². The molecule has 0 saturated carbocycles. The number of benzene rings is 1. The molecule has 1 saturated heterocycles. The molecule has 0 amide bonds. The summed E-state index contributed by atoms with van der Waals surface area (Å²) in [7, 11) is 0. The van der Waals surface area contributed by atoms with E-state index in [0.29, 0.717) is 23.6 Å². The molecule has 4 unspecified atom stereocenters. The van der Waals surface area contributed by atoms with Gasteiger partial charge in [0, 0.05) is 11.5 Å². The molecule has 1 aromatic rings. The molecule has 3 rings (SSSR count). The maximum Gasteiger partial charge on any atom is 0.115 e. The van der Waals surface area contributed by atoms with Crippen LogP contribution in [-0.4, -0.2) is 17.7 Å². The predicted molar refractivity (Wildman–Crippen MR) is 78.5 cm³/mol. The molecule has 1 aromatic carbocycles. The van der Waals surface area contributed by atoms with Gasteiger partial charge in [-0.2, -0.15) is 0 Å². The highest BCUT2D eigenvalue weighted by molar-refractivity contribution is 5.44. The van der Waals surface area contributed by atoms with E-state index in [0.717, 1.165) is 13.0 Å². The van der Waals surface area contributed by atoms with Crippen LogP contribution in [0.2, 0.25) is 0 Å². The summed E-state index contributed by atoms with van der Waals surface area (Å²) < 4.78 is 0. The highest BCUT2D eigenvalue weighted by Gasteiger charge is 2.50. The normalized spacial score (nSPS) is 36.9. The summed E-state index contributed by atoms with van der Waals surface area (Å²) in [5.74, 6) is 1.72. The third-order valence-corrected chi connectivity index (χ3v) is 5.77. The first-order chi connectivity index (χ1) is 9.07. The average molecular weight is 259 g/mol. The van der Waals surface area contributed by atoms with Crippen LogP contribution in [0.4, 0.5) is 0 Å². The van der Waals surface area contributed by atoms with Crippen molar-refractivity contribution in [2.75, 3.05) is 6.54 Å². The molecule has 4 atom stereocenters. The minimum absolute atomic E-state index is 0.207. The monoisotopic (exact) mass is 259 g/mol. The van der Waals surface area contributed by atoms with Gasteiger partial charge in [-0.1, -0.05) is 33.3 Å². The third-order valence-electron chi connectivity index (χ3n) is 5.77. The summed E-state index contributed by atoms with van der Waals surface area (Å²) in [6.07, 6.45) is 3.59. The van der Waals surface area contributed by atoms with Crippen molar-refractivity contribution in [3.63, 3.8) is 0 Å². The lowest BCUT2D eigenvalue weighted by molar-refractivity contribution is 0.0843. The highest BCUT2D eigenvalue weighted by Crippen LogP contribution is 2.50. The SMILES string of the molecule is CCCC1CNC2Cc3ccc(O)cc3C1(C)C2C. The Morgan fingerprint density at radius 3 is 2.95 bits per heavy atom. The molecule has 19 heavy (non-hydrogen) atoms. The molecular formula is C17H25NO. The van der Waals surface area contributed by atoms with Crippen LogP contribution in [0.5, 0.6) is 5.75 Å². The molecule has 2 aliphatic rings. The van der Waals surface area contributed by atoms with Crippen LogP contribution in [0, 0.1) is 11.8 Å². The van der Waals surface area contributed by atoms with Crippen molar-refractivity contribution in [3.8, 4) is 5.75 Å². The van der Waals surface area contributed by atoms with Gasteiger partial charge in [0.1, 0.15) is 5.75 Å². The van der Waals surface area contributed by atoms with Crippen molar-refractivity contribution < 1.29 is 5.11 Å². The molecule has 0 aromatic heterocycles. The molecule has 2 heteroatoms. The second-order valence-electron chi connectivity index (χ2n) is 6.62. The number of hydrogen-bond acceptors (Lipinski definition) is 2. The average Bonchev–Trinajstić information content (AvgIpc) is 2.39. The number of nitrogens with one attached hydrogen (secondary N) is 1. The van der Waals surface area contributed by atoms with Crippen LogP contribution in [0.1, 0.15) is 44.7 Å². The van der Waals surface area contributed by atoms with Crippen LogP contribution < -0.4 is 5.32 Å². The van der Waals surface area contributed by atoms with E-state index in [4.69, 9.17) is 0 Å². The Bertz CT molecular complexity index is 484. The van der Waals surface area contributed by atoms with Gasteiger partial charge in [0.2, 0.25) is 0 Å². The summed E-state index contributed by atoms with van der Waals surface area (Å²) in [5.41, 5.74) is 3.03. The number of phenols is 1. The minimum atomic E-state index is 0.207. The Morgan fingerprint density at radius 1 is 1.42 bits per heavy atom. The zero-order chi connectivity index (χ0) is 13.6. The largest absolute Gasteiger partial charge is 0.508 e. The molecule has 1 heterocycles. The summed E-state index contributed by atoms with van der Waals surface area (Å²) >= 11 is 0. The standard InChI is InChI=1S/C17H25NO/c1-4-5-13-10-18-16-8-12-6-7-14(19)9-15(12)17(13,3)11(16)2/h6-7,9,11,13,16,18-19H,4-5,8,10H2,1-3H3. The Hall–Kier alpha value is -1.02. The van der Waals surface area contributed by atoms with Gasteiger partial charge < -0.3 is 10.4 Å². The molecule has 1 aliphatic heterocycles. The number of rotatable bonds is 2. The molecule has 2 nitrogen and oxygen atoms in total. The summed E-state index contributed by atoms with van der Waals surface area (Å²) in [6.45, 7) is 8.19. The summed E-state index contributed by atoms with van der Waals surface area (Å²) in [5, 5.41) is 13.6. The van der Waals surface area contributed by atoms with Crippen LogP contribution in [0.25, 0.3) is 0 Å². The number of piperidine rings is 1. The van der Waals surface area contributed by atoms with Crippen molar-refractivity contribution in [2.24, 2.45) is 11.8 Å². The van der Waals surface area contributed by atoms with Crippen molar-refractivity contribution >= 4 is 0 Å². The fraction of sp³-hybridized carbons (Fsp3) is 0.647. The van der Waals surface area contributed by atoms with E-state index >= 15 is 0 Å². The molecule has 0 spiro atoms. The molecular weight excluding hydrogens is 234 g/mol. The van der Waals surface area contributed by atoms with E-state index in [1.165, 1.54) is 24.0 Å². The lowest BCUT2D eigenvalue weighted by Crippen LogP contribution is -2.61. The Balaban J connectivity index is 2.13. The number of hydrogen-bond donors (Lipinski definition) is 2. The molecule has 104 valence electrons. The first-order valence-corrected chi connectivity index (χ1v) is 7.63. The van der Waals surface area contributed by atoms with Gasteiger partial charge in [-0.25, -0.2) is 0 Å². The van der Waals surface area contributed by atoms with Crippen LogP contribution >= 0.6 is 0 Å². The predicted octanol–water partition coefficient (Wildman–Crippen LogP) is 3.23. The maximum atomic E-state index is 9.89. The van der Waals surface area contributed by atoms with Gasteiger partial charge in [0.05, 0.1) is 0 Å². The zero-order valence-electron chi connectivity index (χ0n) is 12.2. The highest BCUT2D eigenvalue weighted by atomic mass is 16.3. The summed E-state index contributed by atoms with van der Waals surface area (Å²) in [6, 6.07) is 6.58. The van der Waals surface area contributed by atoms with E-state index < -0.39 is 0 Å². The van der Waals surface area contributed by atoms with E-state index in [9.17, 15) is 5.11 Å². The van der Waals surface area contributed by atoms with Crippen LogP contribution in [0.3, 0.4) is 0 Å². The van der Waals surface area contributed by atoms with Crippen molar-refractivity contribution in [3.05, 3.63) is 29.3 Å². The smallest absolute Gasteiger partial charge is 0.115 e. The zero-order valence-corrected chi connectivity index (χ0v) is 12.2. The van der Waals surface area contributed by atoms with Gasteiger partial charge in [-0.3, -0.25) is 0 Å². The third kappa shape index (κ3) is 1.80. The number of phenolic OH excluding ortho intramolecular Hbond substituents is 1. The topological polar surface area (TPSA) is 32.3 Å². The molecule has 1 aliphatic carbocycles. The Kier molecular flexibility index (Phi) is 3.09. The van der Waals surface area contributed by atoms with Gasteiger partial charge in [-0.05, 0) is 54.5 Å². The number of aromatic hydroxyl groups is 1.